The molecule has 0 radical (unpaired) electrons. The molecule has 7 heteroatoms. The summed E-state index contributed by atoms with van der Waals surface area (Å²) in [6.07, 6.45) is 1.64. The van der Waals surface area contributed by atoms with Crippen LogP contribution in [-0.4, -0.2) is 16.2 Å². The van der Waals surface area contributed by atoms with Gasteiger partial charge in [-0.25, -0.2) is 4.79 Å². The minimum absolute atomic E-state index is 0.224. The first-order chi connectivity index (χ1) is 11.1. The second-order valence-corrected chi connectivity index (χ2v) is 6.72. The summed E-state index contributed by atoms with van der Waals surface area (Å²) >= 11 is 6.14. The molecular formula is C16H9NO4S2. The average molecular weight is 343 g/mol. The number of carbonyl (C=O) groups is 2. The predicted molar refractivity (Wildman–Crippen MR) is 89.6 cm³/mol. The number of thiocarbonyl (C=S) groups is 1. The monoisotopic (exact) mass is 343 g/mol. The molecule has 0 aliphatic carbocycles. The predicted octanol–water partition coefficient (Wildman–Crippen LogP) is 3.11. The standard InChI is InChI=1S/C16H9NO4S2/c18-14-13(23-16(22)17-14)6-10-3-4-12(21-10)8-1-2-9-7-20-15(19)11(9)5-8/h1-6H,7H2,(H,17,18,22)/b13-6+. The molecule has 1 saturated heterocycles. The molecule has 5 nitrogen and oxygen atoms in total. The first-order valence-corrected chi connectivity index (χ1v) is 7.98. The fraction of sp³-hybridized carbons (Fsp3) is 0.0625. The van der Waals surface area contributed by atoms with Crippen LogP contribution in [0.15, 0.2) is 39.7 Å². The zero-order valence-corrected chi connectivity index (χ0v) is 13.3. The number of esters is 1. The summed E-state index contributed by atoms with van der Waals surface area (Å²) in [5, 5.41) is 2.55. The number of ether oxygens (including phenoxy) is 1. The normalized spacial score (nSPS) is 18.3. The van der Waals surface area contributed by atoms with Crippen LogP contribution in [0.1, 0.15) is 21.7 Å². The van der Waals surface area contributed by atoms with Gasteiger partial charge >= 0.3 is 5.97 Å². The number of cyclic esters (lactones) is 1. The second kappa shape index (κ2) is 5.36. The van der Waals surface area contributed by atoms with Crippen LogP contribution in [0.4, 0.5) is 0 Å². The highest BCUT2D eigenvalue weighted by atomic mass is 32.2. The van der Waals surface area contributed by atoms with Gasteiger partial charge in [-0.05, 0) is 18.2 Å². The molecule has 2 aliphatic heterocycles. The van der Waals surface area contributed by atoms with E-state index in [-0.39, 0.29) is 11.9 Å². The van der Waals surface area contributed by atoms with Crippen LogP contribution in [0.5, 0.6) is 0 Å². The topological polar surface area (TPSA) is 68.5 Å². The van der Waals surface area contributed by atoms with Crippen LogP contribution in [0, 0.1) is 0 Å². The minimum atomic E-state index is -0.316. The van der Waals surface area contributed by atoms with Gasteiger partial charge in [0.05, 0.1) is 10.5 Å². The van der Waals surface area contributed by atoms with E-state index in [1.54, 1.807) is 24.3 Å². The second-order valence-electron chi connectivity index (χ2n) is 5.00. The number of benzene rings is 1. The highest BCUT2D eigenvalue weighted by molar-refractivity contribution is 8.26. The summed E-state index contributed by atoms with van der Waals surface area (Å²) in [7, 11) is 0. The number of thioether (sulfide) groups is 1. The van der Waals surface area contributed by atoms with Crippen molar-refractivity contribution >= 4 is 46.3 Å². The molecule has 23 heavy (non-hydrogen) atoms. The van der Waals surface area contributed by atoms with Crippen LogP contribution in [-0.2, 0) is 16.1 Å². The largest absolute Gasteiger partial charge is 0.457 e. The lowest BCUT2D eigenvalue weighted by Gasteiger charge is -1.99. The molecule has 1 fully saturated rings. The van der Waals surface area contributed by atoms with Crippen LogP contribution >= 0.6 is 24.0 Å². The molecule has 0 saturated carbocycles. The lowest BCUT2D eigenvalue weighted by atomic mass is 10.0. The van der Waals surface area contributed by atoms with E-state index in [1.807, 2.05) is 12.1 Å². The molecule has 1 amide bonds. The van der Waals surface area contributed by atoms with Gasteiger partial charge in [-0.15, -0.1) is 0 Å². The van der Waals surface area contributed by atoms with Gasteiger partial charge in [0.15, 0.2) is 0 Å². The summed E-state index contributed by atoms with van der Waals surface area (Å²) in [5.41, 5.74) is 2.22. The maximum Gasteiger partial charge on any atom is 0.338 e. The van der Waals surface area contributed by atoms with Crippen LogP contribution in [0.25, 0.3) is 17.4 Å². The molecule has 1 N–H and O–H groups in total. The molecule has 4 rings (SSSR count). The molecule has 1 aromatic heterocycles. The molecule has 0 bridgehead atoms. The Hall–Kier alpha value is -2.38. The van der Waals surface area contributed by atoms with Crippen molar-refractivity contribution < 1.29 is 18.7 Å². The van der Waals surface area contributed by atoms with Gasteiger partial charge in [0.25, 0.3) is 5.91 Å². The van der Waals surface area contributed by atoms with E-state index in [1.165, 1.54) is 11.8 Å². The number of rotatable bonds is 2. The Morgan fingerprint density at radius 2 is 2.09 bits per heavy atom. The minimum Gasteiger partial charge on any atom is -0.457 e. The summed E-state index contributed by atoms with van der Waals surface area (Å²) in [5.74, 6) is 0.622. The fourth-order valence-corrected chi connectivity index (χ4v) is 3.43. The van der Waals surface area contributed by atoms with Gasteiger partial charge in [-0.1, -0.05) is 36.1 Å². The van der Waals surface area contributed by atoms with Gasteiger partial charge in [-0.2, -0.15) is 0 Å². The lowest BCUT2D eigenvalue weighted by molar-refractivity contribution is -0.115. The third kappa shape index (κ3) is 2.58. The van der Waals surface area contributed by atoms with Crippen LogP contribution in [0.3, 0.4) is 0 Å². The van der Waals surface area contributed by atoms with Crippen LogP contribution < -0.4 is 5.32 Å². The van der Waals surface area contributed by atoms with Crippen molar-refractivity contribution in [3.05, 3.63) is 52.1 Å². The Kier molecular flexibility index (Phi) is 3.32. The molecule has 114 valence electrons. The molecular weight excluding hydrogens is 334 g/mol. The van der Waals surface area contributed by atoms with Crippen molar-refractivity contribution in [2.24, 2.45) is 0 Å². The van der Waals surface area contributed by atoms with Gasteiger partial charge in [0, 0.05) is 17.2 Å². The summed E-state index contributed by atoms with van der Waals surface area (Å²) in [6, 6.07) is 9.05. The number of fused-ring (bicyclic) bond motifs is 1. The Morgan fingerprint density at radius 3 is 2.87 bits per heavy atom. The highest BCUT2D eigenvalue weighted by Gasteiger charge is 2.23. The number of hydrogen-bond acceptors (Lipinski definition) is 6. The Labute approximate surface area is 140 Å². The van der Waals surface area contributed by atoms with Crippen molar-refractivity contribution in [1.82, 2.24) is 5.32 Å². The average Bonchev–Trinajstić information content (AvgIpc) is 3.21. The van der Waals surface area contributed by atoms with Gasteiger partial charge < -0.3 is 14.5 Å². The number of furan rings is 1. The van der Waals surface area contributed by atoms with Gasteiger partial charge in [0.2, 0.25) is 0 Å². The molecule has 1 aromatic carbocycles. The SMILES string of the molecule is O=C1NC(=S)S/C1=C/c1ccc(-c2ccc3c(c2)C(=O)OC3)o1. The lowest BCUT2D eigenvalue weighted by Crippen LogP contribution is -2.17. The van der Waals surface area contributed by atoms with E-state index in [0.717, 1.165) is 11.1 Å². The van der Waals surface area contributed by atoms with E-state index in [9.17, 15) is 9.59 Å². The molecule has 3 heterocycles. The smallest absolute Gasteiger partial charge is 0.338 e. The van der Waals surface area contributed by atoms with Crippen molar-refractivity contribution in [1.29, 1.82) is 0 Å². The number of amides is 1. The maximum absolute atomic E-state index is 11.6. The first kappa shape index (κ1) is 14.2. The summed E-state index contributed by atoms with van der Waals surface area (Å²) < 4.78 is 11.2. The Balaban J connectivity index is 1.65. The fourth-order valence-electron chi connectivity index (χ4n) is 2.40. The molecule has 0 atom stereocenters. The third-order valence-electron chi connectivity index (χ3n) is 3.52. The van der Waals surface area contributed by atoms with Crippen molar-refractivity contribution in [2.45, 2.75) is 6.61 Å². The van der Waals surface area contributed by atoms with E-state index in [4.69, 9.17) is 21.4 Å². The maximum atomic E-state index is 11.6. The number of hydrogen-bond donors (Lipinski definition) is 1. The summed E-state index contributed by atoms with van der Waals surface area (Å²) in [4.78, 5) is 23.8. The first-order valence-electron chi connectivity index (χ1n) is 6.75. The van der Waals surface area contributed by atoms with Crippen molar-refractivity contribution in [3.8, 4) is 11.3 Å². The highest BCUT2D eigenvalue weighted by Crippen LogP contribution is 2.30. The Bertz CT molecular complexity index is 897. The number of carbonyl (C=O) groups excluding carboxylic acids is 2. The molecule has 0 unspecified atom stereocenters. The quantitative estimate of drug-likeness (QED) is 0.513. The van der Waals surface area contributed by atoms with Crippen molar-refractivity contribution in [2.75, 3.05) is 0 Å². The van der Waals surface area contributed by atoms with E-state index >= 15 is 0 Å². The molecule has 0 spiro atoms. The third-order valence-corrected chi connectivity index (χ3v) is 4.68. The molecule has 2 aliphatic rings. The zero-order valence-electron chi connectivity index (χ0n) is 11.6. The number of nitrogens with one attached hydrogen (secondary N) is 1. The van der Waals surface area contributed by atoms with Crippen LogP contribution in [0.2, 0.25) is 0 Å². The van der Waals surface area contributed by atoms with Crippen molar-refractivity contribution in [3.63, 3.8) is 0 Å². The summed E-state index contributed by atoms with van der Waals surface area (Å²) in [6.45, 7) is 0.316. The van der Waals surface area contributed by atoms with Gasteiger partial charge in [-0.3, -0.25) is 4.79 Å². The zero-order chi connectivity index (χ0) is 16.0. The van der Waals surface area contributed by atoms with Gasteiger partial charge in [0.1, 0.15) is 22.4 Å². The van der Waals surface area contributed by atoms with E-state index < -0.39 is 0 Å². The van der Waals surface area contributed by atoms with E-state index in [0.29, 0.717) is 32.9 Å². The molecule has 2 aromatic rings. The van der Waals surface area contributed by atoms with E-state index in [2.05, 4.69) is 5.32 Å². The Morgan fingerprint density at radius 1 is 1.22 bits per heavy atom.